The smallest absolute Gasteiger partial charge is 0.449 e. The SMILES string of the molecule is COc1cc(N=CC2c3ccc(F)cc3OCC2N2CCO[C@H](C)C2)c2nc(C(F)(F)F)[nH]c2c1. The lowest BCUT2D eigenvalue weighted by molar-refractivity contribution is -0.144. The van der Waals surface area contributed by atoms with E-state index in [4.69, 9.17) is 14.2 Å². The molecule has 2 unspecified atom stereocenters. The summed E-state index contributed by atoms with van der Waals surface area (Å²) in [5, 5.41) is 0. The lowest BCUT2D eigenvalue weighted by Gasteiger charge is -2.42. The zero-order valence-corrected chi connectivity index (χ0v) is 19.1. The fourth-order valence-corrected chi connectivity index (χ4v) is 4.64. The third kappa shape index (κ3) is 4.70. The van der Waals surface area contributed by atoms with Gasteiger partial charge in [-0.25, -0.2) is 9.37 Å². The first-order chi connectivity index (χ1) is 16.7. The molecule has 3 aromatic rings. The summed E-state index contributed by atoms with van der Waals surface area (Å²) in [7, 11) is 1.43. The van der Waals surface area contributed by atoms with Crippen molar-refractivity contribution in [2.45, 2.75) is 31.2 Å². The molecule has 0 amide bonds. The first-order valence-electron chi connectivity index (χ1n) is 11.2. The van der Waals surface area contributed by atoms with E-state index in [1.807, 2.05) is 6.92 Å². The Morgan fingerprint density at radius 2 is 2.09 bits per heavy atom. The number of methoxy groups -OCH3 is 1. The van der Waals surface area contributed by atoms with Crippen LogP contribution in [0.1, 0.15) is 24.2 Å². The first-order valence-corrected chi connectivity index (χ1v) is 11.2. The van der Waals surface area contributed by atoms with Crippen molar-refractivity contribution < 1.29 is 31.8 Å². The van der Waals surface area contributed by atoms with Crippen LogP contribution >= 0.6 is 0 Å². The van der Waals surface area contributed by atoms with Crippen molar-refractivity contribution in [3.63, 3.8) is 0 Å². The Bertz CT molecular complexity index is 1260. The van der Waals surface area contributed by atoms with Crippen molar-refractivity contribution >= 4 is 22.9 Å². The Labute approximate surface area is 198 Å². The van der Waals surface area contributed by atoms with Gasteiger partial charge in [-0.1, -0.05) is 6.07 Å². The number of ether oxygens (including phenoxy) is 3. The fourth-order valence-electron chi connectivity index (χ4n) is 4.64. The quantitative estimate of drug-likeness (QED) is 0.423. The molecule has 35 heavy (non-hydrogen) atoms. The summed E-state index contributed by atoms with van der Waals surface area (Å²) in [4.78, 5) is 12.9. The molecule has 7 nitrogen and oxygen atoms in total. The average molecular weight is 492 g/mol. The molecule has 186 valence electrons. The van der Waals surface area contributed by atoms with Crippen molar-refractivity contribution in [1.29, 1.82) is 0 Å². The van der Waals surface area contributed by atoms with Crippen LogP contribution in [0.4, 0.5) is 23.2 Å². The molecule has 0 saturated carbocycles. The van der Waals surface area contributed by atoms with E-state index in [0.29, 0.717) is 37.8 Å². The third-order valence-corrected chi connectivity index (χ3v) is 6.32. The van der Waals surface area contributed by atoms with Crippen LogP contribution in [0.2, 0.25) is 0 Å². The molecular formula is C24H24F4N4O3. The summed E-state index contributed by atoms with van der Waals surface area (Å²) in [6.07, 6.45) is -2.91. The van der Waals surface area contributed by atoms with Crippen molar-refractivity contribution in [3.8, 4) is 11.5 Å². The minimum atomic E-state index is -4.63. The highest BCUT2D eigenvalue weighted by Gasteiger charge is 2.37. The Balaban J connectivity index is 1.57. The molecule has 3 heterocycles. The normalized spacial score (nSPS) is 23.4. The van der Waals surface area contributed by atoms with E-state index in [0.717, 1.165) is 5.56 Å². The highest BCUT2D eigenvalue weighted by atomic mass is 19.4. The number of aromatic nitrogens is 2. The second kappa shape index (κ2) is 9.12. The molecule has 2 aromatic carbocycles. The Morgan fingerprint density at radius 1 is 1.26 bits per heavy atom. The van der Waals surface area contributed by atoms with E-state index in [-0.39, 0.29) is 34.8 Å². The summed E-state index contributed by atoms with van der Waals surface area (Å²) < 4.78 is 70.5. The molecular weight excluding hydrogens is 468 g/mol. The highest BCUT2D eigenvalue weighted by molar-refractivity contribution is 5.91. The minimum Gasteiger partial charge on any atom is -0.497 e. The minimum absolute atomic E-state index is 0.0406. The number of imidazole rings is 1. The predicted octanol–water partition coefficient (Wildman–Crippen LogP) is 4.70. The van der Waals surface area contributed by atoms with Crippen LogP contribution < -0.4 is 9.47 Å². The number of nitrogens with zero attached hydrogens (tertiary/aromatic N) is 3. The Hall–Kier alpha value is -3.18. The number of morpholine rings is 1. The zero-order chi connectivity index (χ0) is 24.7. The molecule has 0 aliphatic carbocycles. The first kappa shape index (κ1) is 23.6. The molecule has 0 spiro atoms. The number of alkyl halides is 3. The summed E-state index contributed by atoms with van der Waals surface area (Å²) in [6, 6.07) is 7.22. The van der Waals surface area contributed by atoms with Gasteiger partial charge in [-0.15, -0.1) is 0 Å². The molecule has 2 aliphatic rings. The van der Waals surface area contributed by atoms with Crippen LogP contribution in [0.15, 0.2) is 35.3 Å². The lowest BCUT2D eigenvalue weighted by Crippen LogP contribution is -2.52. The molecule has 2 aliphatic heterocycles. The number of aromatic amines is 1. The molecule has 1 aromatic heterocycles. The van der Waals surface area contributed by atoms with Gasteiger partial charge in [-0.05, 0) is 13.0 Å². The number of rotatable bonds is 4. The Kier molecular flexibility index (Phi) is 6.14. The van der Waals surface area contributed by atoms with E-state index < -0.39 is 17.8 Å². The lowest BCUT2D eigenvalue weighted by atomic mass is 9.88. The maximum Gasteiger partial charge on any atom is 0.449 e. The largest absolute Gasteiger partial charge is 0.497 e. The van der Waals surface area contributed by atoms with E-state index in [1.165, 1.54) is 31.4 Å². The molecule has 0 bridgehead atoms. The van der Waals surface area contributed by atoms with Crippen LogP contribution in [0.5, 0.6) is 11.5 Å². The number of H-pyrrole nitrogens is 1. The second-order valence-electron chi connectivity index (χ2n) is 8.67. The van der Waals surface area contributed by atoms with E-state index in [2.05, 4.69) is 19.9 Å². The number of benzene rings is 2. The molecule has 0 radical (unpaired) electrons. The molecule has 1 saturated heterocycles. The van der Waals surface area contributed by atoms with E-state index in [1.54, 1.807) is 12.3 Å². The van der Waals surface area contributed by atoms with Gasteiger partial charge < -0.3 is 19.2 Å². The summed E-state index contributed by atoms with van der Waals surface area (Å²) in [6.45, 7) is 4.25. The number of hydrogen-bond donors (Lipinski definition) is 1. The van der Waals surface area contributed by atoms with Gasteiger partial charge in [0.15, 0.2) is 0 Å². The number of hydrogen-bond acceptors (Lipinski definition) is 6. The third-order valence-electron chi connectivity index (χ3n) is 6.32. The summed E-state index contributed by atoms with van der Waals surface area (Å²) >= 11 is 0. The molecule has 3 atom stereocenters. The number of halogens is 4. The number of nitrogens with one attached hydrogen (secondary N) is 1. The van der Waals surface area contributed by atoms with Gasteiger partial charge >= 0.3 is 6.18 Å². The fraction of sp³-hybridized carbons (Fsp3) is 0.417. The van der Waals surface area contributed by atoms with Gasteiger partial charge in [-0.3, -0.25) is 9.89 Å². The van der Waals surface area contributed by atoms with Crippen LogP contribution in [-0.2, 0) is 10.9 Å². The molecule has 1 fully saturated rings. The van der Waals surface area contributed by atoms with Crippen molar-refractivity contribution in [3.05, 3.63) is 47.5 Å². The average Bonchev–Trinajstić information content (AvgIpc) is 3.27. The molecule has 1 N–H and O–H groups in total. The van der Waals surface area contributed by atoms with Crippen LogP contribution in [0.3, 0.4) is 0 Å². The summed E-state index contributed by atoms with van der Waals surface area (Å²) in [5.74, 6) is -1.05. The van der Waals surface area contributed by atoms with Crippen LogP contribution in [0.25, 0.3) is 11.0 Å². The van der Waals surface area contributed by atoms with Crippen LogP contribution in [-0.4, -0.2) is 66.6 Å². The van der Waals surface area contributed by atoms with Crippen molar-refractivity contribution in [2.75, 3.05) is 33.4 Å². The van der Waals surface area contributed by atoms with Gasteiger partial charge in [-0.2, -0.15) is 13.2 Å². The maximum absolute atomic E-state index is 13.9. The van der Waals surface area contributed by atoms with Gasteiger partial charge in [0.2, 0.25) is 5.82 Å². The predicted molar refractivity (Wildman–Crippen MR) is 121 cm³/mol. The Morgan fingerprint density at radius 3 is 2.83 bits per heavy atom. The van der Waals surface area contributed by atoms with Gasteiger partial charge in [0, 0.05) is 49.0 Å². The maximum atomic E-state index is 13.9. The second-order valence-corrected chi connectivity index (χ2v) is 8.67. The number of aliphatic imine (C=N–C) groups is 1. The molecule has 11 heteroatoms. The number of fused-ring (bicyclic) bond motifs is 2. The van der Waals surface area contributed by atoms with Gasteiger partial charge in [0.25, 0.3) is 0 Å². The van der Waals surface area contributed by atoms with Crippen molar-refractivity contribution in [2.24, 2.45) is 4.99 Å². The van der Waals surface area contributed by atoms with E-state index in [9.17, 15) is 17.6 Å². The zero-order valence-electron chi connectivity index (χ0n) is 19.1. The van der Waals surface area contributed by atoms with E-state index >= 15 is 0 Å². The van der Waals surface area contributed by atoms with Gasteiger partial charge in [0.1, 0.15) is 29.4 Å². The van der Waals surface area contributed by atoms with Gasteiger partial charge in [0.05, 0.1) is 37.1 Å². The molecule has 5 rings (SSSR count). The highest BCUT2D eigenvalue weighted by Crippen LogP contribution is 2.38. The van der Waals surface area contributed by atoms with Crippen LogP contribution in [0, 0.1) is 5.82 Å². The standard InChI is InChI=1S/C24H24F4N4O3/c1-13-11-32(5-6-34-13)20-12-35-21-7-14(25)3-4-16(21)17(20)10-29-18-8-15(33-2)9-19-22(18)31-23(30-19)24(26,27)28/h3-4,7-10,13,17,20H,5-6,11-12H2,1-2H3,(H,30,31)/t13-,17?,20?/m1/s1. The summed E-state index contributed by atoms with van der Waals surface area (Å²) in [5.41, 5.74) is 1.23. The topological polar surface area (TPSA) is 72.0 Å². The monoisotopic (exact) mass is 492 g/mol. The van der Waals surface area contributed by atoms with Crippen molar-refractivity contribution in [1.82, 2.24) is 14.9 Å².